The van der Waals surface area contributed by atoms with Gasteiger partial charge in [-0.25, -0.2) is 4.79 Å². The predicted molar refractivity (Wildman–Crippen MR) is 104 cm³/mol. The normalized spacial score (nSPS) is 12.4. The molecule has 1 aliphatic rings. The summed E-state index contributed by atoms with van der Waals surface area (Å²) in [6, 6.07) is 8.82. The van der Waals surface area contributed by atoms with Crippen molar-refractivity contribution in [2.24, 2.45) is 0 Å². The van der Waals surface area contributed by atoms with E-state index in [2.05, 4.69) is 10.6 Å². The highest BCUT2D eigenvalue weighted by Crippen LogP contribution is 2.32. The van der Waals surface area contributed by atoms with Crippen LogP contribution in [0.4, 0.5) is 17.1 Å². The Morgan fingerprint density at radius 1 is 1.14 bits per heavy atom. The summed E-state index contributed by atoms with van der Waals surface area (Å²) in [5.74, 6) is -0.286. The van der Waals surface area contributed by atoms with Gasteiger partial charge >= 0.3 is 5.97 Å². The summed E-state index contributed by atoms with van der Waals surface area (Å²) in [5, 5.41) is 16.3. The monoisotopic (exact) mass is 401 g/mol. The Hall–Kier alpha value is -3.82. The van der Waals surface area contributed by atoms with Gasteiger partial charge in [-0.05, 0) is 24.3 Å². The fourth-order valence-corrected chi connectivity index (χ4v) is 2.67. The first-order valence-electron chi connectivity index (χ1n) is 8.81. The third-order valence-electron chi connectivity index (χ3n) is 4.07. The molecule has 3 rings (SSSR count). The number of anilines is 2. The van der Waals surface area contributed by atoms with Gasteiger partial charge in [-0.3, -0.25) is 14.9 Å². The van der Waals surface area contributed by atoms with Gasteiger partial charge in [0, 0.05) is 31.3 Å². The van der Waals surface area contributed by atoms with Crippen LogP contribution in [-0.2, 0) is 9.53 Å². The molecule has 0 radical (unpaired) electrons. The van der Waals surface area contributed by atoms with Crippen molar-refractivity contribution in [1.29, 1.82) is 0 Å². The Morgan fingerprint density at radius 3 is 2.62 bits per heavy atom. The molecule has 152 valence electrons. The van der Waals surface area contributed by atoms with E-state index in [9.17, 15) is 19.7 Å². The molecule has 0 aliphatic carbocycles. The number of fused-ring (bicyclic) bond motifs is 1. The molecule has 1 heterocycles. The predicted octanol–water partition coefficient (Wildman–Crippen LogP) is 2.59. The minimum Gasteiger partial charge on any atom is -0.490 e. The van der Waals surface area contributed by atoms with Gasteiger partial charge in [0.25, 0.3) is 11.6 Å². The lowest BCUT2D eigenvalue weighted by Gasteiger charge is -2.11. The van der Waals surface area contributed by atoms with E-state index in [0.29, 0.717) is 30.4 Å². The summed E-state index contributed by atoms with van der Waals surface area (Å²) < 4.78 is 16.0. The van der Waals surface area contributed by atoms with E-state index in [0.717, 1.165) is 12.5 Å². The molecule has 2 aromatic carbocycles. The van der Waals surface area contributed by atoms with E-state index >= 15 is 0 Å². The molecule has 0 fully saturated rings. The molecule has 0 spiro atoms. The van der Waals surface area contributed by atoms with E-state index in [1.165, 1.54) is 19.2 Å². The fourth-order valence-electron chi connectivity index (χ4n) is 2.67. The van der Waals surface area contributed by atoms with Gasteiger partial charge in [-0.15, -0.1) is 0 Å². The average Bonchev–Trinajstić information content (AvgIpc) is 2.96. The number of carbonyl (C=O) groups excluding carboxylic acids is 2. The number of ether oxygens (including phenoxy) is 3. The number of nitrogens with one attached hydrogen (secondary N) is 2. The lowest BCUT2D eigenvalue weighted by atomic mass is 10.1. The molecule has 0 aromatic heterocycles. The number of benzene rings is 2. The first-order chi connectivity index (χ1) is 14.0. The third-order valence-corrected chi connectivity index (χ3v) is 4.07. The Balaban J connectivity index is 1.59. The summed E-state index contributed by atoms with van der Waals surface area (Å²) >= 11 is 0. The quantitative estimate of drug-likeness (QED) is 0.429. The molecule has 2 N–H and O–H groups in total. The standard InChI is InChI=1S/C19H19N3O7/c1-20-14-5-3-12(9-15(14)22(25)26)19(24)29-11-18(23)21-13-4-6-16-17(10-13)28-8-2-7-27-16/h3-6,9-10,20H,2,7-8,11H2,1H3,(H,21,23). The van der Waals surface area contributed by atoms with Gasteiger partial charge in [-0.2, -0.15) is 0 Å². The molecule has 10 heteroatoms. The molecule has 0 bridgehead atoms. The molecule has 0 unspecified atom stereocenters. The summed E-state index contributed by atoms with van der Waals surface area (Å²) in [7, 11) is 1.53. The number of nitrogens with zero attached hydrogens (tertiary/aromatic N) is 1. The lowest BCUT2D eigenvalue weighted by molar-refractivity contribution is -0.384. The summed E-state index contributed by atoms with van der Waals surface area (Å²) in [5.41, 5.74) is 0.431. The van der Waals surface area contributed by atoms with Crippen molar-refractivity contribution in [3.05, 3.63) is 52.1 Å². The first kappa shape index (κ1) is 19.9. The number of hydrogen-bond acceptors (Lipinski definition) is 8. The smallest absolute Gasteiger partial charge is 0.338 e. The maximum absolute atomic E-state index is 12.1. The summed E-state index contributed by atoms with van der Waals surface area (Å²) in [6.45, 7) is 0.525. The zero-order valence-corrected chi connectivity index (χ0v) is 15.6. The van der Waals surface area contributed by atoms with Crippen molar-refractivity contribution in [1.82, 2.24) is 0 Å². The summed E-state index contributed by atoms with van der Waals surface area (Å²) in [4.78, 5) is 34.7. The molecule has 0 saturated heterocycles. The number of carbonyl (C=O) groups is 2. The number of rotatable bonds is 6. The molecule has 1 amide bonds. The van der Waals surface area contributed by atoms with Crippen molar-refractivity contribution < 1.29 is 28.7 Å². The molecular formula is C19H19N3O7. The van der Waals surface area contributed by atoms with Crippen LogP contribution in [0, 0.1) is 10.1 Å². The van der Waals surface area contributed by atoms with Crippen LogP contribution in [0.25, 0.3) is 0 Å². The molecular weight excluding hydrogens is 382 g/mol. The average molecular weight is 401 g/mol. The zero-order chi connectivity index (χ0) is 20.8. The van der Waals surface area contributed by atoms with Gasteiger partial charge in [-0.1, -0.05) is 0 Å². The molecule has 0 saturated carbocycles. The highest BCUT2D eigenvalue weighted by atomic mass is 16.6. The third kappa shape index (κ3) is 4.92. The first-order valence-corrected chi connectivity index (χ1v) is 8.81. The van der Waals surface area contributed by atoms with Gasteiger partial charge < -0.3 is 24.8 Å². The van der Waals surface area contributed by atoms with Crippen LogP contribution in [0.3, 0.4) is 0 Å². The highest BCUT2D eigenvalue weighted by molar-refractivity contribution is 5.96. The Kier molecular flexibility index (Phi) is 6.12. The van der Waals surface area contributed by atoms with Crippen LogP contribution in [0.2, 0.25) is 0 Å². The van der Waals surface area contributed by atoms with Crippen LogP contribution in [0.5, 0.6) is 11.5 Å². The molecule has 1 aliphatic heterocycles. The van der Waals surface area contributed by atoms with Crippen molar-refractivity contribution in [2.45, 2.75) is 6.42 Å². The maximum atomic E-state index is 12.1. The second kappa shape index (κ2) is 8.91. The van der Waals surface area contributed by atoms with E-state index in [1.807, 2.05) is 0 Å². The number of amides is 1. The second-order valence-corrected chi connectivity index (χ2v) is 6.08. The SMILES string of the molecule is CNc1ccc(C(=O)OCC(=O)Nc2ccc3c(c2)OCCCO3)cc1[N+](=O)[O-]. The van der Waals surface area contributed by atoms with E-state index in [1.54, 1.807) is 18.2 Å². The van der Waals surface area contributed by atoms with Gasteiger partial charge in [0.1, 0.15) is 5.69 Å². The van der Waals surface area contributed by atoms with Gasteiger partial charge in [0.15, 0.2) is 18.1 Å². The zero-order valence-electron chi connectivity index (χ0n) is 15.6. The van der Waals surface area contributed by atoms with Crippen LogP contribution >= 0.6 is 0 Å². The molecule has 0 atom stereocenters. The van der Waals surface area contributed by atoms with Crippen molar-refractivity contribution in [3.63, 3.8) is 0 Å². The minimum atomic E-state index is -0.843. The van der Waals surface area contributed by atoms with Crippen molar-refractivity contribution in [3.8, 4) is 11.5 Å². The van der Waals surface area contributed by atoms with Crippen molar-refractivity contribution in [2.75, 3.05) is 37.5 Å². The largest absolute Gasteiger partial charge is 0.490 e. The number of nitro groups is 1. The Labute approximate surface area is 165 Å². The highest BCUT2D eigenvalue weighted by Gasteiger charge is 2.19. The maximum Gasteiger partial charge on any atom is 0.338 e. The molecule has 2 aromatic rings. The number of esters is 1. The van der Waals surface area contributed by atoms with E-state index in [-0.39, 0.29) is 16.9 Å². The van der Waals surface area contributed by atoms with E-state index < -0.39 is 23.4 Å². The second-order valence-electron chi connectivity index (χ2n) is 6.08. The van der Waals surface area contributed by atoms with Gasteiger partial charge in [0.2, 0.25) is 0 Å². The minimum absolute atomic E-state index is 0.0286. The van der Waals surface area contributed by atoms with Gasteiger partial charge in [0.05, 0.1) is 23.7 Å². The number of nitro benzene ring substituents is 1. The molecule has 10 nitrogen and oxygen atoms in total. The van der Waals surface area contributed by atoms with Crippen molar-refractivity contribution >= 4 is 28.9 Å². The van der Waals surface area contributed by atoms with Crippen LogP contribution in [-0.4, -0.2) is 43.7 Å². The fraction of sp³-hybridized carbons (Fsp3) is 0.263. The van der Waals surface area contributed by atoms with E-state index in [4.69, 9.17) is 14.2 Å². The topological polar surface area (TPSA) is 129 Å². The van der Waals surface area contributed by atoms with Crippen LogP contribution in [0.1, 0.15) is 16.8 Å². The Bertz CT molecular complexity index is 945. The summed E-state index contributed by atoms with van der Waals surface area (Å²) in [6.07, 6.45) is 0.764. The van der Waals surface area contributed by atoms with Crippen LogP contribution < -0.4 is 20.1 Å². The molecule has 29 heavy (non-hydrogen) atoms. The lowest BCUT2D eigenvalue weighted by Crippen LogP contribution is -2.21. The number of hydrogen-bond donors (Lipinski definition) is 2. The van der Waals surface area contributed by atoms with Crippen LogP contribution in [0.15, 0.2) is 36.4 Å². The Morgan fingerprint density at radius 2 is 1.90 bits per heavy atom.